The van der Waals surface area contributed by atoms with Crippen LogP contribution in [0.3, 0.4) is 0 Å². The molecule has 3 aromatic rings. The number of carbonyl (C=O) groups is 1. The smallest absolute Gasteiger partial charge is 0.252 e. The summed E-state index contributed by atoms with van der Waals surface area (Å²) in [4.78, 5) is 17.1. The maximum atomic E-state index is 12.7. The number of nitrogens with one attached hydrogen (secondary N) is 4. The Morgan fingerprint density at radius 2 is 1.69 bits per heavy atom. The third-order valence-electron chi connectivity index (χ3n) is 7.85. The second-order valence-electron chi connectivity index (χ2n) is 10.5. The number of thiocarbonyl (C=S) groups is 1. The molecular weight excluding hydrogens is 528 g/mol. The van der Waals surface area contributed by atoms with Gasteiger partial charge in [-0.05, 0) is 91.0 Å². The van der Waals surface area contributed by atoms with Crippen LogP contribution in [0.5, 0.6) is 0 Å². The zero-order valence-corrected chi connectivity index (χ0v) is 23.5. The largest absolute Gasteiger partial charge is 0.352 e. The molecule has 9 heteroatoms. The van der Waals surface area contributed by atoms with Crippen LogP contribution in [0.4, 0.5) is 5.82 Å². The number of rotatable bonds is 7. The van der Waals surface area contributed by atoms with E-state index in [2.05, 4.69) is 75.0 Å². The molecule has 1 aromatic heterocycles. The second kappa shape index (κ2) is 12.8. The van der Waals surface area contributed by atoms with Crippen LogP contribution >= 0.6 is 23.8 Å². The monoisotopic (exact) mass is 562 g/mol. The van der Waals surface area contributed by atoms with E-state index in [4.69, 9.17) is 29.6 Å². The molecule has 2 aromatic carbocycles. The van der Waals surface area contributed by atoms with Crippen LogP contribution in [-0.2, 0) is 12.8 Å². The highest BCUT2D eigenvalue weighted by Crippen LogP contribution is 2.32. The number of nitrogens with zero attached hydrogens (tertiary/aromatic N) is 1. The molecule has 1 saturated carbocycles. The summed E-state index contributed by atoms with van der Waals surface area (Å²) in [7, 11) is 0. The number of carbonyl (C=O) groups excluding carboxylic acids is 1. The Morgan fingerprint density at radius 3 is 2.36 bits per heavy atom. The molecular formula is C30H35ClN6OS. The van der Waals surface area contributed by atoms with E-state index in [0.717, 1.165) is 25.7 Å². The van der Waals surface area contributed by atoms with E-state index >= 15 is 0 Å². The van der Waals surface area contributed by atoms with Crippen LogP contribution in [0.1, 0.15) is 64.3 Å². The predicted octanol–water partition coefficient (Wildman–Crippen LogP) is 4.91. The van der Waals surface area contributed by atoms with Gasteiger partial charge in [0, 0.05) is 12.7 Å². The van der Waals surface area contributed by atoms with Crippen molar-refractivity contribution in [1.29, 1.82) is 0 Å². The average Bonchev–Trinajstić information content (AvgIpc) is 3.12. The highest BCUT2D eigenvalue weighted by atomic mass is 35.5. The number of fused-ring (bicyclic) bond motifs is 2. The van der Waals surface area contributed by atoms with Crippen molar-refractivity contribution in [3.05, 3.63) is 93.6 Å². The standard InChI is InChI=1S/C30H35ClN6OS/c31-26-15-23(29(38)34-17-20-7-5-6-19(14-20)16-32)18-33-28(26)36-37-30(39)35-27-24-10-3-1-8-21(24)12-13-22-9-2-4-11-25(22)27/h1-4,8-11,15,18-20,27H,5-7,12-14,16-17,32H2,(H,33,36)(H,34,38)(H2,35,37,39). The molecule has 1 heterocycles. The SMILES string of the molecule is NCC1CCCC(CNC(=O)c2cnc(NNC(=S)NC3c4ccccc4CCc4ccccc43)c(Cl)c2)C1. The number of hydrogen-bond acceptors (Lipinski definition) is 5. The lowest BCUT2D eigenvalue weighted by Crippen LogP contribution is -2.41. The summed E-state index contributed by atoms with van der Waals surface area (Å²) in [5, 5.41) is 7.23. The quantitative estimate of drug-likeness (QED) is 0.206. The van der Waals surface area contributed by atoms with Gasteiger partial charge in [-0.3, -0.25) is 15.6 Å². The van der Waals surface area contributed by atoms with Crippen molar-refractivity contribution in [1.82, 2.24) is 21.0 Å². The first-order valence-corrected chi connectivity index (χ1v) is 14.4. The molecule has 0 spiro atoms. The molecule has 0 saturated heterocycles. The number of halogens is 1. The Balaban J connectivity index is 1.19. The number of pyridine rings is 1. The summed E-state index contributed by atoms with van der Waals surface area (Å²) in [6, 6.07) is 18.5. The lowest BCUT2D eigenvalue weighted by atomic mass is 9.81. The topological polar surface area (TPSA) is 104 Å². The van der Waals surface area contributed by atoms with Gasteiger partial charge in [0.1, 0.15) is 0 Å². The van der Waals surface area contributed by atoms with E-state index in [0.29, 0.717) is 46.4 Å². The molecule has 2 atom stereocenters. The van der Waals surface area contributed by atoms with Crippen LogP contribution in [0, 0.1) is 11.8 Å². The summed E-state index contributed by atoms with van der Waals surface area (Å²) in [5.74, 6) is 1.23. The van der Waals surface area contributed by atoms with Crippen molar-refractivity contribution in [3.63, 3.8) is 0 Å². The van der Waals surface area contributed by atoms with Crippen LogP contribution in [-0.4, -0.2) is 29.1 Å². The maximum absolute atomic E-state index is 12.7. The molecule has 0 bridgehead atoms. The molecule has 0 radical (unpaired) electrons. The number of hydrazine groups is 1. The van der Waals surface area contributed by atoms with E-state index < -0.39 is 0 Å². The zero-order valence-electron chi connectivity index (χ0n) is 21.9. The molecule has 0 aliphatic heterocycles. The minimum Gasteiger partial charge on any atom is -0.352 e. The third kappa shape index (κ3) is 6.69. The van der Waals surface area contributed by atoms with Gasteiger partial charge >= 0.3 is 0 Å². The molecule has 39 heavy (non-hydrogen) atoms. The van der Waals surface area contributed by atoms with Gasteiger partial charge in [0.15, 0.2) is 10.9 Å². The number of aryl methyl sites for hydroxylation is 2. The second-order valence-corrected chi connectivity index (χ2v) is 11.3. The fraction of sp³-hybridized carbons (Fsp3) is 0.367. The number of nitrogens with two attached hydrogens (primary N) is 1. The van der Waals surface area contributed by atoms with Gasteiger partial charge in [-0.1, -0.05) is 66.6 Å². The number of benzene rings is 2. The Labute approximate surface area is 240 Å². The lowest BCUT2D eigenvalue weighted by Gasteiger charge is -2.28. The third-order valence-corrected chi connectivity index (χ3v) is 8.35. The average molecular weight is 563 g/mol. The summed E-state index contributed by atoms with van der Waals surface area (Å²) in [5.41, 5.74) is 17.3. The summed E-state index contributed by atoms with van der Waals surface area (Å²) >= 11 is 12.1. The van der Waals surface area contributed by atoms with Gasteiger partial charge in [-0.25, -0.2) is 4.98 Å². The van der Waals surface area contributed by atoms with Gasteiger partial charge in [0.25, 0.3) is 5.91 Å². The lowest BCUT2D eigenvalue weighted by molar-refractivity contribution is 0.0940. The van der Waals surface area contributed by atoms with Crippen LogP contribution in [0.2, 0.25) is 5.02 Å². The molecule has 5 rings (SSSR count). The van der Waals surface area contributed by atoms with Gasteiger partial charge in [-0.15, -0.1) is 0 Å². The Bertz CT molecular complexity index is 1290. The van der Waals surface area contributed by atoms with Gasteiger partial charge in [0.2, 0.25) is 0 Å². The van der Waals surface area contributed by atoms with Crippen molar-refractivity contribution in [2.24, 2.45) is 17.6 Å². The molecule has 2 aliphatic carbocycles. The number of aromatic nitrogens is 1. The summed E-state index contributed by atoms with van der Waals surface area (Å²) < 4.78 is 0. The van der Waals surface area contributed by atoms with Crippen LogP contribution < -0.4 is 27.2 Å². The fourth-order valence-corrected chi connectivity index (χ4v) is 6.14. The van der Waals surface area contributed by atoms with Gasteiger partial charge < -0.3 is 16.4 Å². The number of hydrogen-bond donors (Lipinski definition) is 5. The van der Waals surface area contributed by atoms with E-state index in [1.165, 1.54) is 41.3 Å². The Morgan fingerprint density at radius 1 is 1.03 bits per heavy atom. The summed E-state index contributed by atoms with van der Waals surface area (Å²) in [6.45, 7) is 1.36. The van der Waals surface area contributed by atoms with Crippen molar-refractivity contribution < 1.29 is 4.79 Å². The molecule has 1 fully saturated rings. The van der Waals surface area contributed by atoms with E-state index in [-0.39, 0.29) is 11.9 Å². The first-order valence-electron chi connectivity index (χ1n) is 13.6. The molecule has 2 unspecified atom stereocenters. The van der Waals surface area contributed by atoms with Crippen LogP contribution in [0.25, 0.3) is 0 Å². The molecule has 204 valence electrons. The van der Waals surface area contributed by atoms with Gasteiger partial charge in [-0.2, -0.15) is 0 Å². The molecule has 1 amide bonds. The predicted molar refractivity (Wildman–Crippen MR) is 161 cm³/mol. The van der Waals surface area contributed by atoms with Crippen molar-refractivity contribution in [3.8, 4) is 0 Å². The fourth-order valence-electron chi connectivity index (χ4n) is 5.76. The Hall–Kier alpha value is -3.20. The molecule has 7 nitrogen and oxygen atoms in total. The van der Waals surface area contributed by atoms with Crippen molar-refractivity contribution in [2.75, 3.05) is 18.5 Å². The zero-order chi connectivity index (χ0) is 27.2. The Kier molecular flexibility index (Phi) is 8.96. The first kappa shape index (κ1) is 27.4. The molecule has 2 aliphatic rings. The van der Waals surface area contributed by atoms with E-state index in [1.807, 2.05) is 0 Å². The molecule has 6 N–H and O–H groups in total. The summed E-state index contributed by atoms with van der Waals surface area (Å²) in [6.07, 6.45) is 8.02. The normalized spacial score (nSPS) is 18.7. The maximum Gasteiger partial charge on any atom is 0.252 e. The minimum atomic E-state index is -0.179. The minimum absolute atomic E-state index is 0.0829. The highest BCUT2D eigenvalue weighted by Gasteiger charge is 2.24. The number of anilines is 1. The number of amides is 1. The van der Waals surface area contributed by atoms with Crippen molar-refractivity contribution in [2.45, 2.75) is 44.6 Å². The van der Waals surface area contributed by atoms with Gasteiger partial charge in [0.05, 0.1) is 16.6 Å². The van der Waals surface area contributed by atoms with Crippen molar-refractivity contribution >= 4 is 40.7 Å². The van der Waals surface area contributed by atoms with Crippen LogP contribution in [0.15, 0.2) is 60.8 Å². The first-order chi connectivity index (χ1) is 19.0. The highest BCUT2D eigenvalue weighted by molar-refractivity contribution is 7.80. The van der Waals surface area contributed by atoms with E-state index in [1.54, 1.807) is 6.07 Å². The van der Waals surface area contributed by atoms with E-state index in [9.17, 15) is 4.79 Å².